The summed E-state index contributed by atoms with van der Waals surface area (Å²) >= 11 is 5.75. The van der Waals surface area contributed by atoms with Crippen LogP contribution in [-0.4, -0.2) is 48.3 Å². The number of hydrogen-bond acceptors (Lipinski definition) is 3. The van der Waals surface area contributed by atoms with Gasteiger partial charge in [0, 0.05) is 17.6 Å². The molecule has 1 fully saturated rings. The molecule has 0 radical (unpaired) electrons. The molecule has 1 unspecified atom stereocenters. The van der Waals surface area contributed by atoms with Gasteiger partial charge in [-0.05, 0) is 37.1 Å². The predicted molar refractivity (Wildman–Crippen MR) is 73.6 cm³/mol. The van der Waals surface area contributed by atoms with Crippen molar-refractivity contribution < 1.29 is 18.6 Å². The minimum absolute atomic E-state index is 0.0775. The van der Waals surface area contributed by atoms with Crippen molar-refractivity contribution in [3.8, 4) is 5.75 Å². The van der Waals surface area contributed by atoms with E-state index in [9.17, 15) is 13.9 Å². The molecular formula is C14H18ClF2NO2. The van der Waals surface area contributed by atoms with Crippen molar-refractivity contribution in [2.24, 2.45) is 0 Å². The Bertz CT molecular complexity index is 412. The van der Waals surface area contributed by atoms with Gasteiger partial charge in [0.05, 0.1) is 6.54 Å². The van der Waals surface area contributed by atoms with E-state index in [1.807, 2.05) is 0 Å². The van der Waals surface area contributed by atoms with Gasteiger partial charge in [-0.1, -0.05) is 11.6 Å². The van der Waals surface area contributed by atoms with Crippen LogP contribution in [0.5, 0.6) is 5.75 Å². The predicted octanol–water partition coefficient (Wildman–Crippen LogP) is 2.81. The number of nitrogens with zero attached hydrogens (tertiary/aromatic N) is 1. The number of rotatable bonds is 8. The molecule has 0 heterocycles. The fourth-order valence-corrected chi connectivity index (χ4v) is 2.16. The highest BCUT2D eigenvalue weighted by Crippen LogP contribution is 2.27. The summed E-state index contributed by atoms with van der Waals surface area (Å²) in [5.41, 5.74) is 0. The second kappa shape index (κ2) is 7.20. The molecule has 0 aromatic heterocycles. The van der Waals surface area contributed by atoms with Crippen molar-refractivity contribution in [1.82, 2.24) is 4.90 Å². The molecule has 1 aliphatic rings. The standard InChI is InChI=1S/C14H18ClF2NO2/c15-10-1-5-13(6-2-10)20-9-12(19)7-18(8-14(16)17)11-3-4-11/h1-2,5-6,11-12,14,19H,3-4,7-9H2. The zero-order valence-electron chi connectivity index (χ0n) is 11.0. The molecule has 1 saturated carbocycles. The summed E-state index contributed by atoms with van der Waals surface area (Å²) in [5.74, 6) is 0.597. The lowest BCUT2D eigenvalue weighted by Crippen LogP contribution is -2.39. The van der Waals surface area contributed by atoms with Crippen LogP contribution in [-0.2, 0) is 0 Å². The molecule has 1 aromatic carbocycles. The SMILES string of the molecule is OC(COc1ccc(Cl)cc1)CN(CC(F)F)C1CC1. The topological polar surface area (TPSA) is 32.7 Å². The second-order valence-electron chi connectivity index (χ2n) is 4.99. The summed E-state index contributed by atoms with van der Waals surface area (Å²) in [6, 6.07) is 6.97. The number of alkyl halides is 2. The Balaban J connectivity index is 1.75. The van der Waals surface area contributed by atoms with Crippen LogP contribution >= 0.6 is 11.6 Å². The molecule has 2 rings (SSSR count). The maximum atomic E-state index is 12.4. The van der Waals surface area contributed by atoms with Gasteiger partial charge in [0.2, 0.25) is 0 Å². The van der Waals surface area contributed by atoms with Crippen molar-refractivity contribution in [2.75, 3.05) is 19.7 Å². The van der Waals surface area contributed by atoms with Gasteiger partial charge in [-0.15, -0.1) is 0 Å². The Morgan fingerprint density at radius 1 is 1.25 bits per heavy atom. The highest BCUT2D eigenvalue weighted by Gasteiger charge is 2.31. The maximum absolute atomic E-state index is 12.4. The van der Waals surface area contributed by atoms with Crippen LogP contribution in [0.2, 0.25) is 5.02 Å². The van der Waals surface area contributed by atoms with E-state index in [-0.39, 0.29) is 25.7 Å². The van der Waals surface area contributed by atoms with Gasteiger partial charge in [0.15, 0.2) is 0 Å². The summed E-state index contributed by atoms with van der Waals surface area (Å²) in [6.07, 6.45) is -1.31. The number of ether oxygens (including phenoxy) is 1. The van der Waals surface area contributed by atoms with E-state index in [1.54, 1.807) is 29.2 Å². The van der Waals surface area contributed by atoms with E-state index < -0.39 is 12.5 Å². The molecule has 6 heteroatoms. The van der Waals surface area contributed by atoms with E-state index in [0.29, 0.717) is 10.8 Å². The van der Waals surface area contributed by atoms with Crippen LogP contribution in [0.4, 0.5) is 8.78 Å². The molecule has 3 nitrogen and oxygen atoms in total. The fourth-order valence-electron chi connectivity index (χ4n) is 2.04. The van der Waals surface area contributed by atoms with Gasteiger partial charge in [-0.3, -0.25) is 4.90 Å². The van der Waals surface area contributed by atoms with E-state index in [4.69, 9.17) is 16.3 Å². The molecule has 0 aliphatic heterocycles. The Morgan fingerprint density at radius 2 is 1.90 bits per heavy atom. The first kappa shape index (κ1) is 15.5. The summed E-state index contributed by atoms with van der Waals surface area (Å²) in [4.78, 5) is 1.64. The molecule has 0 spiro atoms. The Kier molecular flexibility index (Phi) is 5.57. The van der Waals surface area contributed by atoms with Crippen LogP contribution in [0.15, 0.2) is 24.3 Å². The van der Waals surface area contributed by atoms with Gasteiger partial charge < -0.3 is 9.84 Å². The number of benzene rings is 1. The summed E-state index contributed by atoms with van der Waals surface area (Å²) in [6.45, 7) is -0.000636. The smallest absolute Gasteiger partial charge is 0.251 e. The van der Waals surface area contributed by atoms with Gasteiger partial charge in [0.25, 0.3) is 6.43 Å². The zero-order valence-corrected chi connectivity index (χ0v) is 11.8. The lowest BCUT2D eigenvalue weighted by molar-refractivity contribution is 0.0327. The van der Waals surface area contributed by atoms with Crippen molar-refractivity contribution in [1.29, 1.82) is 0 Å². The highest BCUT2D eigenvalue weighted by molar-refractivity contribution is 6.30. The first-order chi connectivity index (χ1) is 9.54. The number of halogens is 3. The van der Waals surface area contributed by atoms with E-state index in [0.717, 1.165) is 12.8 Å². The van der Waals surface area contributed by atoms with E-state index >= 15 is 0 Å². The largest absolute Gasteiger partial charge is 0.491 e. The van der Waals surface area contributed by atoms with Gasteiger partial charge >= 0.3 is 0 Å². The van der Waals surface area contributed by atoms with Crippen LogP contribution in [0.25, 0.3) is 0 Å². The quantitative estimate of drug-likeness (QED) is 0.801. The lowest BCUT2D eigenvalue weighted by Gasteiger charge is -2.24. The van der Waals surface area contributed by atoms with Crippen molar-refractivity contribution in [3.63, 3.8) is 0 Å². The normalized spacial score (nSPS) is 16.7. The molecule has 112 valence electrons. The minimum atomic E-state index is -2.38. The molecule has 0 amide bonds. The van der Waals surface area contributed by atoms with Crippen LogP contribution < -0.4 is 4.74 Å². The number of aliphatic hydroxyl groups is 1. The molecule has 1 atom stereocenters. The van der Waals surface area contributed by atoms with Crippen molar-refractivity contribution in [2.45, 2.75) is 31.4 Å². The molecule has 1 aliphatic carbocycles. The van der Waals surface area contributed by atoms with Gasteiger partial charge in [0.1, 0.15) is 18.5 Å². The Morgan fingerprint density at radius 3 is 2.45 bits per heavy atom. The Labute approximate surface area is 122 Å². The summed E-state index contributed by atoms with van der Waals surface area (Å²) in [7, 11) is 0. The first-order valence-corrected chi connectivity index (χ1v) is 7.01. The average molecular weight is 306 g/mol. The van der Waals surface area contributed by atoms with E-state index in [1.165, 1.54) is 0 Å². The molecule has 20 heavy (non-hydrogen) atoms. The van der Waals surface area contributed by atoms with Gasteiger partial charge in [-0.2, -0.15) is 0 Å². The molecule has 1 aromatic rings. The van der Waals surface area contributed by atoms with Gasteiger partial charge in [-0.25, -0.2) is 8.78 Å². The van der Waals surface area contributed by atoms with Crippen LogP contribution in [0.1, 0.15) is 12.8 Å². The fraction of sp³-hybridized carbons (Fsp3) is 0.571. The molecule has 0 saturated heterocycles. The van der Waals surface area contributed by atoms with Crippen LogP contribution in [0, 0.1) is 0 Å². The highest BCUT2D eigenvalue weighted by atomic mass is 35.5. The summed E-state index contributed by atoms with van der Waals surface area (Å²) < 4.78 is 30.3. The number of aliphatic hydroxyl groups excluding tert-OH is 1. The Hall–Kier alpha value is -0.910. The van der Waals surface area contributed by atoms with Crippen LogP contribution in [0.3, 0.4) is 0 Å². The third kappa shape index (κ3) is 5.23. The molecule has 0 bridgehead atoms. The average Bonchev–Trinajstić information content (AvgIpc) is 3.21. The van der Waals surface area contributed by atoms with Crippen molar-refractivity contribution in [3.05, 3.63) is 29.3 Å². The maximum Gasteiger partial charge on any atom is 0.251 e. The number of hydrogen-bond donors (Lipinski definition) is 1. The molecule has 1 N–H and O–H groups in total. The third-order valence-corrected chi connectivity index (χ3v) is 3.39. The minimum Gasteiger partial charge on any atom is -0.491 e. The second-order valence-corrected chi connectivity index (χ2v) is 5.43. The summed E-state index contributed by atoms with van der Waals surface area (Å²) in [5, 5.41) is 10.5. The monoisotopic (exact) mass is 305 g/mol. The van der Waals surface area contributed by atoms with E-state index in [2.05, 4.69) is 0 Å². The lowest BCUT2D eigenvalue weighted by atomic mass is 10.3. The van der Waals surface area contributed by atoms with Crippen molar-refractivity contribution >= 4 is 11.6 Å². The molecular weight excluding hydrogens is 288 g/mol. The zero-order chi connectivity index (χ0) is 14.5. The third-order valence-electron chi connectivity index (χ3n) is 3.14. The first-order valence-electron chi connectivity index (χ1n) is 6.63.